The predicted octanol–water partition coefficient (Wildman–Crippen LogP) is 6.18. The van der Waals surface area contributed by atoms with Crippen molar-refractivity contribution < 1.29 is 23.0 Å². The number of halogens is 2. The van der Waals surface area contributed by atoms with E-state index < -0.39 is 23.3 Å². The lowest BCUT2D eigenvalue weighted by atomic mass is 9.94. The summed E-state index contributed by atoms with van der Waals surface area (Å²) in [5.41, 5.74) is 0.778. The number of piperazine rings is 1. The molecule has 0 aliphatic carbocycles. The number of likely N-dealkylation sites (tertiary alicyclic amines) is 1. The normalized spacial score (nSPS) is 24.2. The molecule has 4 atom stereocenters. The number of nitrogens with zero attached hydrogens (tertiary/aromatic N) is 7. The van der Waals surface area contributed by atoms with Crippen molar-refractivity contribution in [1.29, 1.82) is 5.26 Å². The highest BCUT2D eigenvalue weighted by molar-refractivity contribution is 7.23. The number of hydrogen-bond donors (Lipinski definition) is 1. The summed E-state index contributed by atoms with van der Waals surface area (Å²) in [6.07, 6.45) is 5.35. The van der Waals surface area contributed by atoms with Crippen molar-refractivity contribution >= 4 is 49.4 Å². The lowest BCUT2D eigenvalue weighted by Crippen LogP contribution is -2.57. The summed E-state index contributed by atoms with van der Waals surface area (Å²) in [6, 6.07) is 3.76. The molecule has 49 heavy (non-hydrogen) atoms. The molecule has 3 saturated heterocycles. The third-order valence-electron chi connectivity index (χ3n) is 10.6. The summed E-state index contributed by atoms with van der Waals surface area (Å²) in [5.74, 6) is -0.876. The number of aromatic nitrogens is 3. The third-order valence-corrected chi connectivity index (χ3v) is 11.7. The summed E-state index contributed by atoms with van der Waals surface area (Å²) in [4.78, 5) is 33.9. The second-order valence-electron chi connectivity index (χ2n) is 14.6. The van der Waals surface area contributed by atoms with Crippen LogP contribution in [0.25, 0.3) is 32.2 Å². The van der Waals surface area contributed by atoms with Crippen molar-refractivity contribution in [3.63, 3.8) is 0 Å². The number of anilines is 2. The molecule has 256 valence electrons. The van der Waals surface area contributed by atoms with Crippen LogP contribution in [0, 0.1) is 23.0 Å². The van der Waals surface area contributed by atoms with E-state index in [-0.39, 0.29) is 56.7 Å². The Morgan fingerprint density at radius 2 is 1.86 bits per heavy atom. The zero-order chi connectivity index (χ0) is 34.4. The van der Waals surface area contributed by atoms with E-state index in [9.17, 15) is 10.1 Å². The van der Waals surface area contributed by atoms with E-state index in [4.69, 9.17) is 19.4 Å². The number of rotatable bonds is 4. The van der Waals surface area contributed by atoms with E-state index in [0.29, 0.717) is 35.0 Å². The van der Waals surface area contributed by atoms with Gasteiger partial charge in [0, 0.05) is 66.3 Å². The standard InChI is InChI=1S/C35H38F2N8O3S/c1-17-25(44-13-18-6-7-19(14-44)43(18)5)8-9-45(17)33-40-11-21-22-15-47-16-23(22)26(28(37)29(21)41-33)30-27-20(10-38)32(42-34(46)48-35(2,3)4)49-31(27)24(36)12-39-30/h11-12,17-19,25H,6-9,13-16H2,1-5H3,(H,42,46)/t17-,18?,19?,25-/m0/s1. The van der Waals surface area contributed by atoms with Crippen LogP contribution in [0.3, 0.4) is 0 Å². The van der Waals surface area contributed by atoms with Crippen LogP contribution in [0.1, 0.15) is 63.6 Å². The molecule has 1 amide bonds. The molecule has 8 rings (SSSR count). The van der Waals surface area contributed by atoms with Gasteiger partial charge in [0.15, 0.2) is 11.6 Å². The van der Waals surface area contributed by atoms with E-state index in [1.807, 2.05) is 0 Å². The maximum atomic E-state index is 17.1. The molecule has 7 heterocycles. The zero-order valence-corrected chi connectivity index (χ0v) is 29.0. The van der Waals surface area contributed by atoms with Gasteiger partial charge in [-0.15, -0.1) is 11.3 Å². The molecule has 0 saturated carbocycles. The molecule has 2 bridgehead atoms. The Morgan fingerprint density at radius 1 is 1.12 bits per heavy atom. The maximum Gasteiger partial charge on any atom is 0.412 e. The lowest BCUT2D eigenvalue weighted by molar-refractivity contribution is 0.0563. The summed E-state index contributed by atoms with van der Waals surface area (Å²) < 4.78 is 43.6. The van der Waals surface area contributed by atoms with Crippen molar-refractivity contribution in [2.75, 3.05) is 36.9 Å². The molecule has 11 nitrogen and oxygen atoms in total. The van der Waals surface area contributed by atoms with E-state index in [1.54, 1.807) is 27.0 Å². The van der Waals surface area contributed by atoms with Crippen LogP contribution < -0.4 is 10.2 Å². The number of likely N-dealkylation sites (N-methyl/N-ethyl adjacent to an activating group) is 1. The van der Waals surface area contributed by atoms with Crippen LogP contribution in [0.15, 0.2) is 12.4 Å². The molecule has 4 aliphatic rings. The number of fused-ring (bicyclic) bond motifs is 6. The van der Waals surface area contributed by atoms with Gasteiger partial charge in [-0.3, -0.25) is 20.1 Å². The number of carbonyl (C=O) groups excluding carboxylic acids is 1. The second kappa shape index (κ2) is 11.8. The van der Waals surface area contributed by atoms with Crippen LogP contribution in [0.5, 0.6) is 0 Å². The minimum absolute atomic E-state index is 0.0299. The third kappa shape index (κ3) is 5.29. The Balaban J connectivity index is 1.20. The number of amides is 1. The monoisotopic (exact) mass is 688 g/mol. The molecule has 1 aromatic carbocycles. The van der Waals surface area contributed by atoms with Gasteiger partial charge in [-0.1, -0.05) is 0 Å². The Morgan fingerprint density at radius 3 is 2.57 bits per heavy atom. The average Bonchev–Trinajstić information content (AvgIpc) is 3.81. The number of hydrogen-bond acceptors (Lipinski definition) is 11. The van der Waals surface area contributed by atoms with E-state index in [2.05, 4.69) is 45.0 Å². The Kier molecular flexibility index (Phi) is 7.75. The van der Waals surface area contributed by atoms with Gasteiger partial charge in [0.2, 0.25) is 5.95 Å². The number of thiophene rings is 1. The van der Waals surface area contributed by atoms with Crippen molar-refractivity contribution in [2.24, 2.45) is 0 Å². The highest BCUT2D eigenvalue weighted by atomic mass is 32.1. The van der Waals surface area contributed by atoms with Gasteiger partial charge >= 0.3 is 6.09 Å². The van der Waals surface area contributed by atoms with E-state index >= 15 is 8.78 Å². The predicted molar refractivity (Wildman–Crippen MR) is 182 cm³/mol. The van der Waals surface area contributed by atoms with Crippen LogP contribution in [-0.2, 0) is 22.7 Å². The first-order chi connectivity index (χ1) is 23.4. The molecule has 3 fully saturated rings. The summed E-state index contributed by atoms with van der Waals surface area (Å²) in [5, 5.41) is 13.6. The highest BCUT2D eigenvalue weighted by Gasteiger charge is 2.44. The first kappa shape index (κ1) is 32.2. The lowest BCUT2D eigenvalue weighted by Gasteiger charge is -2.43. The first-order valence-electron chi connectivity index (χ1n) is 16.7. The van der Waals surface area contributed by atoms with Crippen LogP contribution in [0.2, 0.25) is 0 Å². The smallest absolute Gasteiger partial charge is 0.412 e. The fourth-order valence-corrected chi connectivity index (χ4v) is 9.29. The number of pyridine rings is 1. The molecule has 4 aliphatic heterocycles. The Labute approximate surface area is 286 Å². The maximum absolute atomic E-state index is 17.1. The van der Waals surface area contributed by atoms with E-state index in [0.717, 1.165) is 49.2 Å². The van der Waals surface area contributed by atoms with Crippen molar-refractivity contribution in [1.82, 2.24) is 24.8 Å². The zero-order valence-electron chi connectivity index (χ0n) is 28.1. The molecule has 0 spiro atoms. The van der Waals surface area contributed by atoms with Gasteiger partial charge < -0.3 is 14.4 Å². The Hall–Kier alpha value is -4.03. The molecule has 3 aromatic heterocycles. The first-order valence-corrected chi connectivity index (χ1v) is 17.6. The minimum Gasteiger partial charge on any atom is -0.444 e. The molecule has 4 aromatic rings. The van der Waals surface area contributed by atoms with Gasteiger partial charge in [0.1, 0.15) is 22.2 Å². The van der Waals surface area contributed by atoms with Crippen LogP contribution >= 0.6 is 11.3 Å². The number of nitrogens with one attached hydrogen (secondary N) is 1. The number of carbonyl (C=O) groups is 1. The Bertz CT molecular complexity index is 2050. The van der Waals surface area contributed by atoms with Crippen molar-refractivity contribution in [2.45, 2.75) is 89.9 Å². The van der Waals surface area contributed by atoms with Gasteiger partial charge in [0.25, 0.3) is 0 Å². The van der Waals surface area contributed by atoms with Crippen molar-refractivity contribution in [3.05, 3.63) is 40.7 Å². The number of ether oxygens (including phenoxy) is 2. The largest absolute Gasteiger partial charge is 0.444 e. The quantitative estimate of drug-likeness (QED) is 0.266. The van der Waals surface area contributed by atoms with Gasteiger partial charge in [-0.25, -0.2) is 23.5 Å². The SMILES string of the molecule is C[C@H]1[C@@H](N2CC3CCC(C2)N3C)CCN1c1ncc2c3c(c(-c4ncc(F)c5sc(NC(=O)OC(C)(C)C)c(C#N)c45)c(F)c2n1)COC3. The second-order valence-corrected chi connectivity index (χ2v) is 15.6. The molecule has 1 N–H and O–H groups in total. The molecular formula is C35H38F2N8O3S. The van der Waals surface area contributed by atoms with Crippen molar-refractivity contribution in [3.8, 4) is 17.3 Å². The highest BCUT2D eigenvalue weighted by Crippen LogP contribution is 2.46. The molecule has 0 radical (unpaired) electrons. The van der Waals surface area contributed by atoms with Gasteiger partial charge in [-0.2, -0.15) is 5.26 Å². The fraction of sp³-hybridized carbons (Fsp3) is 0.514. The summed E-state index contributed by atoms with van der Waals surface area (Å²) >= 11 is 0.874. The fourth-order valence-electron chi connectivity index (χ4n) is 8.25. The molecule has 14 heteroatoms. The minimum atomic E-state index is -0.793. The number of benzene rings is 1. The topological polar surface area (TPSA) is 120 Å². The average molecular weight is 689 g/mol. The van der Waals surface area contributed by atoms with Gasteiger partial charge in [0.05, 0.1) is 35.4 Å². The van der Waals surface area contributed by atoms with E-state index in [1.165, 1.54) is 12.8 Å². The summed E-state index contributed by atoms with van der Waals surface area (Å²) in [6.45, 7) is 10.5. The van der Waals surface area contributed by atoms with Crippen LogP contribution in [0.4, 0.5) is 24.5 Å². The van der Waals surface area contributed by atoms with Gasteiger partial charge in [-0.05, 0) is 65.1 Å². The van der Waals surface area contributed by atoms with Crippen LogP contribution in [-0.4, -0.2) is 87.3 Å². The molecule has 2 unspecified atom stereocenters. The summed E-state index contributed by atoms with van der Waals surface area (Å²) in [7, 11) is 2.24. The molecular weight excluding hydrogens is 651 g/mol. The number of nitriles is 1.